The monoisotopic (exact) mass is 421 g/mol. The van der Waals surface area contributed by atoms with Crippen LogP contribution in [0, 0.1) is 11.2 Å². The maximum atomic E-state index is 13.4. The minimum atomic E-state index is -0.310. The number of hydrogen-bond acceptors (Lipinski definition) is 7. The fourth-order valence-corrected chi connectivity index (χ4v) is 3.98. The average molecular weight is 422 g/mol. The highest BCUT2D eigenvalue weighted by Gasteiger charge is 2.21. The van der Waals surface area contributed by atoms with Crippen molar-refractivity contribution in [2.75, 3.05) is 5.73 Å². The standard InChI is InChI=1S/C21H20FN7S/c1-13(10-16(23)11-18-25-8-9-30-18)29-12-27-19(14-2-4-15(22)5-3-14)20(29)17-6-7-26-21(24)28-17/h2-9,12-13,23H,10-11H2,1H3,(H2,24,26,28). The molecule has 30 heavy (non-hydrogen) atoms. The Balaban J connectivity index is 1.70. The Morgan fingerprint density at radius 1 is 1.17 bits per heavy atom. The topological polar surface area (TPSA) is 106 Å². The highest BCUT2D eigenvalue weighted by molar-refractivity contribution is 7.09. The number of nitrogens with zero attached hydrogens (tertiary/aromatic N) is 5. The first-order valence-electron chi connectivity index (χ1n) is 9.37. The summed E-state index contributed by atoms with van der Waals surface area (Å²) in [7, 11) is 0. The van der Waals surface area contributed by atoms with Crippen LogP contribution in [0.1, 0.15) is 24.4 Å². The van der Waals surface area contributed by atoms with Gasteiger partial charge < -0.3 is 15.7 Å². The molecule has 3 aromatic heterocycles. The van der Waals surface area contributed by atoms with Crippen molar-refractivity contribution >= 4 is 23.0 Å². The quantitative estimate of drug-likeness (QED) is 0.430. The number of rotatable bonds is 7. The van der Waals surface area contributed by atoms with Crippen LogP contribution in [-0.4, -0.2) is 30.2 Å². The van der Waals surface area contributed by atoms with Crippen LogP contribution >= 0.6 is 11.3 Å². The van der Waals surface area contributed by atoms with Crippen molar-refractivity contribution in [1.29, 1.82) is 5.41 Å². The van der Waals surface area contributed by atoms with E-state index in [1.165, 1.54) is 12.1 Å². The molecule has 152 valence electrons. The van der Waals surface area contributed by atoms with Crippen LogP contribution in [0.4, 0.5) is 10.3 Å². The summed E-state index contributed by atoms with van der Waals surface area (Å²) in [5.74, 6) is -0.149. The predicted molar refractivity (Wildman–Crippen MR) is 116 cm³/mol. The fourth-order valence-electron chi connectivity index (χ4n) is 3.32. The third-order valence-corrected chi connectivity index (χ3v) is 5.47. The molecule has 0 fully saturated rings. The summed E-state index contributed by atoms with van der Waals surface area (Å²) in [4.78, 5) is 17.2. The van der Waals surface area contributed by atoms with E-state index < -0.39 is 0 Å². The summed E-state index contributed by atoms with van der Waals surface area (Å²) in [6, 6.07) is 7.89. The minimum absolute atomic E-state index is 0.0506. The van der Waals surface area contributed by atoms with Crippen molar-refractivity contribution in [2.45, 2.75) is 25.8 Å². The Labute approximate surface area is 177 Å². The van der Waals surface area contributed by atoms with Crippen molar-refractivity contribution in [3.05, 3.63) is 65.3 Å². The number of nitrogens with one attached hydrogen (secondary N) is 1. The van der Waals surface area contributed by atoms with Gasteiger partial charge >= 0.3 is 0 Å². The molecule has 1 unspecified atom stereocenters. The first-order chi connectivity index (χ1) is 14.5. The van der Waals surface area contributed by atoms with Gasteiger partial charge in [-0.3, -0.25) is 0 Å². The van der Waals surface area contributed by atoms with Crippen molar-refractivity contribution in [3.8, 4) is 22.6 Å². The zero-order chi connectivity index (χ0) is 21.1. The first kappa shape index (κ1) is 19.8. The van der Waals surface area contributed by atoms with E-state index in [4.69, 9.17) is 11.1 Å². The molecule has 1 aromatic carbocycles. The smallest absolute Gasteiger partial charge is 0.220 e. The third-order valence-electron chi connectivity index (χ3n) is 4.69. The summed E-state index contributed by atoms with van der Waals surface area (Å²) in [5.41, 5.74) is 9.22. The normalized spacial score (nSPS) is 12.1. The molecule has 4 rings (SSSR count). The molecule has 0 spiro atoms. The number of hydrogen-bond donors (Lipinski definition) is 2. The Bertz CT molecular complexity index is 1150. The molecule has 3 heterocycles. The molecule has 0 saturated heterocycles. The summed E-state index contributed by atoms with van der Waals surface area (Å²) in [6.07, 6.45) is 6.13. The molecule has 0 saturated carbocycles. The second kappa shape index (κ2) is 8.50. The maximum absolute atomic E-state index is 13.4. The number of nitrogen functional groups attached to an aromatic ring is 1. The van der Waals surface area contributed by atoms with Crippen molar-refractivity contribution in [2.24, 2.45) is 0 Å². The van der Waals surface area contributed by atoms with E-state index >= 15 is 0 Å². The van der Waals surface area contributed by atoms with E-state index in [0.29, 0.717) is 29.9 Å². The molecule has 4 aromatic rings. The molecule has 3 N–H and O–H groups in total. The van der Waals surface area contributed by atoms with Crippen LogP contribution in [-0.2, 0) is 6.42 Å². The van der Waals surface area contributed by atoms with E-state index in [1.807, 2.05) is 16.9 Å². The van der Waals surface area contributed by atoms with E-state index in [1.54, 1.807) is 48.3 Å². The number of thiazole rings is 1. The SMILES string of the molecule is CC(CC(=N)Cc1nccs1)n1cnc(-c2ccc(F)cc2)c1-c1ccnc(N)n1. The molecule has 9 heteroatoms. The van der Waals surface area contributed by atoms with Gasteiger partial charge in [-0.1, -0.05) is 0 Å². The number of nitrogens with two attached hydrogens (primary N) is 1. The van der Waals surface area contributed by atoms with E-state index in [2.05, 4.69) is 19.9 Å². The average Bonchev–Trinajstić information content (AvgIpc) is 3.38. The minimum Gasteiger partial charge on any atom is -0.368 e. The van der Waals surface area contributed by atoms with Gasteiger partial charge in [-0.25, -0.2) is 24.3 Å². The van der Waals surface area contributed by atoms with Crippen molar-refractivity contribution in [1.82, 2.24) is 24.5 Å². The lowest BCUT2D eigenvalue weighted by Gasteiger charge is -2.18. The van der Waals surface area contributed by atoms with Crippen molar-refractivity contribution in [3.63, 3.8) is 0 Å². The van der Waals surface area contributed by atoms with Gasteiger partial charge in [-0.2, -0.15) is 0 Å². The molecular weight excluding hydrogens is 401 g/mol. The van der Waals surface area contributed by atoms with Gasteiger partial charge in [0, 0.05) is 47.9 Å². The number of imidazole rings is 1. The third kappa shape index (κ3) is 4.25. The number of halogens is 1. The highest BCUT2D eigenvalue weighted by atomic mass is 32.1. The van der Waals surface area contributed by atoms with Crippen LogP contribution < -0.4 is 5.73 Å². The summed E-state index contributed by atoms with van der Waals surface area (Å²) >= 11 is 1.55. The summed E-state index contributed by atoms with van der Waals surface area (Å²) in [5, 5.41) is 11.2. The van der Waals surface area contributed by atoms with E-state index in [-0.39, 0.29) is 17.8 Å². The van der Waals surface area contributed by atoms with E-state index in [9.17, 15) is 4.39 Å². The van der Waals surface area contributed by atoms with Gasteiger partial charge in [-0.05, 0) is 37.3 Å². The second-order valence-corrected chi connectivity index (χ2v) is 7.89. The van der Waals surface area contributed by atoms with Gasteiger partial charge in [0.1, 0.15) is 5.82 Å². The predicted octanol–water partition coefficient (Wildman–Crippen LogP) is 4.40. The van der Waals surface area contributed by atoms with Crippen LogP contribution in [0.15, 0.2) is 54.4 Å². The van der Waals surface area contributed by atoms with E-state index in [0.717, 1.165) is 16.3 Å². The Hall–Kier alpha value is -3.46. The molecule has 0 amide bonds. The highest BCUT2D eigenvalue weighted by Crippen LogP contribution is 2.33. The van der Waals surface area contributed by atoms with Gasteiger partial charge in [0.25, 0.3) is 0 Å². The zero-order valence-electron chi connectivity index (χ0n) is 16.3. The lowest BCUT2D eigenvalue weighted by molar-refractivity contribution is 0.568. The Morgan fingerprint density at radius 2 is 1.97 bits per heavy atom. The Kier molecular flexibility index (Phi) is 5.62. The van der Waals surface area contributed by atoms with Crippen LogP contribution in [0.25, 0.3) is 22.6 Å². The molecule has 0 aliphatic rings. The maximum Gasteiger partial charge on any atom is 0.220 e. The van der Waals surface area contributed by atoms with Crippen molar-refractivity contribution < 1.29 is 4.39 Å². The van der Waals surface area contributed by atoms with Gasteiger partial charge in [-0.15, -0.1) is 11.3 Å². The lowest BCUT2D eigenvalue weighted by Crippen LogP contribution is -2.13. The lowest BCUT2D eigenvalue weighted by atomic mass is 10.1. The van der Waals surface area contributed by atoms with Crippen LogP contribution in [0.3, 0.4) is 0 Å². The molecule has 0 bridgehead atoms. The summed E-state index contributed by atoms with van der Waals surface area (Å²) < 4.78 is 15.4. The van der Waals surface area contributed by atoms with Gasteiger partial charge in [0.2, 0.25) is 5.95 Å². The molecule has 0 radical (unpaired) electrons. The Morgan fingerprint density at radius 3 is 2.67 bits per heavy atom. The zero-order valence-corrected chi connectivity index (χ0v) is 17.1. The van der Waals surface area contributed by atoms with Gasteiger partial charge in [0.15, 0.2) is 0 Å². The molecule has 1 atom stereocenters. The molecule has 0 aliphatic carbocycles. The number of aromatic nitrogens is 5. The second-order valence-electron chi connectivity index (χ2n) is 6.92. The van der Waals surface area contributed by atoms with Gasteiger partial charge in [0.05, 0.1) is 28.4 Å². The first-order valence-corrected chi connectivity index (χ1v) is 10.3. The molecule has 0 aliphatic heterocycles. The molecular formula is C21H20FN7S. The van der Waals surface area contributed by atoms with Crippen LogP contribution in [0.5, 0.6) is 0 Å². The molecule has 7 nitrogen and oxygen atoms in total. The van der Waals surface area contributed by atoms with Crippen LogP contribution in [0.2, 0.25) is 0 Å². The fraction of sp³-hybridized carbons (Fsp3) is 0.190. The largest absolute Gasteiger partial charge is 0.368 e. The summed E-state index contributed by atoms with van der Waals surface area (Å²) in [6.45, 7) is 2.03. The number of anilines is 1. The number of benzene rings is 1.